The van der Waals surface area contributed by atoms with Gasteiger partial charge in [-0.05, 0) is 26.0 Å². The standard InChI is InChI=1S/C15H18O5/c1-9(17)11-7-10-5-6-15(2,8-16)20-12(10)14(19-4)13(11)18-3/h5-7,16H,8H2,1-4H3/t15-/m1/s1. The van der Waals surface area contributed by atoms with Crippen LogP contribution < -0.4 is 14.2 Å². The Kier molecular flexibility index (Phi) is 3.72. The summed E-state index contributed by atoms with van der Waals surface area (Å²) in [6.45, 7) is 3.06. The van der Waals surface area contributed by atoms with Crippen molar-refractivity contribution in [3.05, 3.63) is 23.3 Å². The van der Waals surface area contributed by atoms with Crippen molar-refractivity contribution in [2.24, 2.45) is 0 Å². The molecule has 0 amide bonds. The molecule has 1 aliphatic rings. The van der Waals surface area contributed by atoms with Crippen LogP contribution in [0.4, 0.5) is 0 Å². The van der Waals surface area contributed by atoms with Crippen molar-refractivity contribution in [3.63, 3.8) is 0 Å². The number of methoxy groups -OCH3 is 2. The Labute approximate surface area is 117 Å². The first-order chi connectivity index (χ1) is 9.45. The molecule has 0 unspecified atom stereocenters. The Morgan fingerprint density at radius 2 is 2.00 bits per heavy atom. The maximum absolute atomic E-state index is 11.7. The van der Waals surface area contributed by atoms with Crippen molar-refractivity contribution in [2.45, 2.75) is 19.4 Å². The molecule has 1 N–H and O–H groups in total. The lowest BCUT2D eigenvalue weighted by Crippen LogP contribution is -2.36. The van der Waals surface area contributed by atoms with Gasteiger partial charge in [-0.15, -0.1) is 0 Å². The SMILES string of the molecule is COc1c(C(C)=O)cc2c(c1OC)O[C@@](C)(CO)C=C2. The molecule has 0 saturated heterocycles. The third-order valence-electron chi connectivity index (χ3n) is 3.27. The molecule has 2 rings (SSSR count). The Hall–Kier alpha value is -2.01. The number of fused-ring (bicyclic) bond motifs is 1. The topological polar surface area (TPSA) is 65.0 Å². The first kappa shape index (κ1) is 14.4. The predicted molar refractivity (Wildman–Crippen MR) is 74.7 cm³/mol. The highest BCUT2D eigenvalue weighted by molar-refractivity contribution is 5.99. The first-order valence-corrected chi connectivity index (χ1v) is 6.24. The average Bonchev–Trinajstić information content (AvgIpc) is 2.45. The van der Waals surface area contributed by atoms with Crippen molar-refractivity contribution in [1.29, 1.82) is 0 Å². The third-order valence-corrected chi connectivity index (χ3v) is 3.27. The van der Waals surface area contributed by atoms with Crippen LogP contribution in [0, 0.1) is 0 Å². The summed E-state index contributed by atoms with van der Waals surface area (Å²) in [7, 11) is 2.96. The quantitative estimate of drug-likeness (QED) is 0.854. The van der Waals surface area contributed by atoms with E-state index in [2.05, 4.69) is 0 Å². The summed E-state index contributed by atoms with van der Waals surface area (Å²) < 4.78 is 16.4. The van der Waals surface area contributed by atoms with Crippen molar-refractivity contribution in [3.8, 4) is 17.2 Å². The highest BCUT2D eigenvalue weighted by Gasteiger charge is 2.32. The van der Waals surface area contributed by atoms with Crippen LogP contribution in [0.2, 0.25) is 0 Å². The minimum Gasteiger partial charge on any atom is -0.492 e. The minimum atomic E-state index is -0.816. The largest absolute Gasteiger partial charge is 0.492 e. The van der Waals surface area contributed by atoms with E-state index >= 15 is 0 Å². The lowest BCUT2D eigenvalue weighted by Gasteiger charge is -2.31. The van der Waals surface area contributed by atoms with Crippen molar-refractivity contribution in [1.82, 2.24) is 0 Å². The van der Waals surface area contributed by atoms with Gasteiger partial charge in [0.1, 0.15) is 5.60 Å². The molecule has 108 valence electrons. The number of hydrogen-bond acceptors (Lipinski definition) is 5. The molecule has 1 atom stereocenters. The molecular formula is C15H18O5. The van der Waals surface area contributed by atoms with Gasteiger partial charge in [-0.25, -0.2) is 0 Å². The fourth-order valence-electron chi connectivity index (χ4n) is 2.14. The van der Waals surface area contributed by atoms with Gasteiger partial charge in [0, 0.05) is 5.56 Å². The normalized spacial score (nSPS) is 20.1. The molecule has 0 bridgehead atoms. The number of benzene rings is 1. The number of carbonyl (C=O) groups excluding carboxylic acids is 1. The molecule has 0 saturated carbocycles. The van der Waals surface area contributed by atoms with Gasteiger partial charge in [0.25, 0.3) is 0 Å². The van der Waals surface area contributed by atoms with E-state index in [-0.39, 0.29) is 12.4 Å². The zero-order valence-electron chi connectivity index (χ0n) is 12.0. The molecule has 1 aliphatic heterocycles. The van der Waals surface area contributed by atoms with E-state index in [9.17, 15) is 9.90 Å². The van der Waals surface area contributed by atoms with Gasteiger partial charge >= 0.3 is 0 Å². The van der Waals surface area contributed by atoms with E-state index in [4.69, 9.17) is 14.2 Å². The molecule has 0 fully saturated rings. The molecule has 5 nitrogen and oxygen atoms in total. The highest BCUT2D eigenvalue weighted by atomic mass is 16.5. The second kappa shape index (κ2) is 5.17. The molecule has 1 aromatic carbocycles. The van der Waals surface area contributed by atoms with Gasteiger partial charge in [0.2, 0.25) is 5.75 Å². The number of ketones is 1. The Balaban J connectivity index is 2.68. The van der Waals surface area contributed by atoms with Crippen LogP contribution in [0.3, 0.4) is 0 Å². The number of carbonyl (C=O) groups is 1. The monoisotopic (exact) mass is 278 g/mol. The van der Waals surface area contributed by atoms with Crippen molar-refractivity contribution in [2.75, 3.05) is 20.8 Å². The van der Waals surface area contributed by atoms with E-state index in [1.807, 2.05) is 6.08 Å². The van der Waals surface area contributed by atoms with Crippen molar-refractivity contribution < 1.29 is 24.1 Å². The maximum atomic E-state index is 11.7. The van der Waals surface area contributed by atoms with Gasteiger partial charge < -0.3 is 19.3 Å². The molecule has 0 aromatic heterocycles. The summed E-state index contributed by atoms with van der Waals surface area (Å²) in [4.78, 5) is 11.7. The Morgan fingerprint density at radius 3 is 2.50 bits per heavy atom. The van der Waals surface area contributed by atoms with E-state index in [0.717, 1.165) is 5.56 Å². The summed E-state index contributed by atoms with van der Waals surface area (Å²) in [6, 6.07) is 1.70. The lowest BCUT2D eigenvalue weighted by atomic mass is 9.97. The first-order valence-electron chi connectivity index (χ1n) is 6.24. The minimum absolute atomic E-state index is 0.119. The fourth-order valence-corrected chi connectivity index (χ4v) is 2.14. The zero-order valence-corrected chi connectivity index (χ0v) is 12.0. The second-order valence-corrected chi connectivity index (χ2v) is 4.87. The van der Waals surface area contributed by atoms with Crippen LogP contribution in [0.5, 0.6) is 17.2 Å². The Morgan fingerprint density at radius 1 is 1.35 bits per heavy atom. The van der Waals surface area contributed by atoms with E-state index in [1.54, 1.807) is 19.1 Å². The van der Waals surface area contributed by atoms with Gasteiger partial charge in [-0.1, -0.05) is 6.08 Å². The number of aliphatic hydroxyl groups excluding tert-OH is 1. The number of rotatable bonds is 4. The molecule has 0 radical (unpaired) electrons. The summed E-state index contributed by atoms with van der Waals surface area (Å²) in [5, 5.41) is 9.41. The van der Waals surface area contributed by atoms with Crippen LogP contribution in [-0.4, -0.2) is 37.3 Å². The molecule has 0 aliphatic carbocycles. The van der Waals surface area contributed by atoms with Crippen LogP contribution in [0.25, 0.3) is 6.08 Å². The summed E-state index contributed by atoms with van der Waals surface area (Å²) >= 11 is 0. The van der Waals surface area contributed by atoms with Crippen LogP contribution in [-0.2, 0) is 0 Å². The lowest BCUT2D eigenvalue weighted by molar-refractivity contribution is 0.0610. The van der Waals surface area contributed by atoms with E-state index in [0.29, 0.717) is 22.8 Å². The number of aliphatic hydroxyl groups is 1. The predicted octanol–water partition coefficient (Wildman–Crippen LogP) is 2.06. The number of Topliss-reactive ketones (excluding diaryl/α,β-unsaturated/α-hetero) is 1. The molecule has 1 heterocycles. The zero-order chi connectivity index (χ0) is 14.9. The molecular weight excluding hydrogens is 260 g/mol. The number of ether oxygens (including phenoxy) is 3. The smallest absolute Gasteiger partial charge is 0.204 e. The van der Waals surface area contributed by atoms with Crippen molar-refractivity contribution >= 4 is 11.9 Å². The number of hydrogen-bond donors (Lipinski definition) is 1. The van der Waals surface area contributed by atoms with Crippen LogP contribution in [0.15, 0.2) is 12.1 Å². The molecule has 1 aromatic rings. The van der Waals surface area contributed by atoms with E-state index in [1.165, 1.54) is 21.1 Å². The molecule has 5 heteroatoms. The molecule has 20 heavy (non-hydrogen) atoms. The van der Waals surface area contributed by atoms with Gasteiger partial charge in [0.05, 0.1) is 26.4 Å². The average molecular weight is 278 g/mol. The fraction of sp³-hybridized carbons (Fsp3) is 0.400. The highest BCUT2D eigenvalue weighted by Crippen LogP contribution is 2.46. The summed E-state index contributed by atoms with van der Waals surface area (Å²) in [5.74, 6) is 1.05. The van der Waals surface area contributed by atoms with Gasteiger partial charge in [0.15, 0.2) is 17.3 Å². The van der Waals surface area contributed by atoms with Crippen LogP contribution >= 0.6 is 0 Å². The second-order valence-electron chi connectivity index (χ2n) is 4.87. The van der Waals surface area contributed by atoms with Gasteiger partial charge in [-0.3, -0.25) is 4.79 Å². The summed E-state index contributed by atoms with van der Waals surface area (Å²) in [6.07, 6.45) is 3.56. The van der Waals surface area contributed by atoms with E-state index < -0.39 is 5.60 Å². The molecule has 0 spiro atoms. The Bertz CT molecular complexity index is 576. The maximum Gasteiger partial charge on any atom is 0.204 e. The third kappa shape index (κ3) is 2.25. The summed E-state index contributed by atoms with van der Waals surface area (Å²) in [5.41, 5.74) is 0.339. The van der Waals surface area contributed by atoms with Gasteiger partial charge in [-0.2, -0.15) is 0 Å². The van der Waals surface area contributed by atoms with Crippen LogP contribution in [0.1, 0.15) is 29.8 Å².